The number of nitrogens with one attached hydrogen (secondary N) is 2. The highest BCUT2D eigenvalue weighted by atomic mass is 79.9. The van der Waals surface area contributed by atoms with E-state index in [9.17, 15) is 4.39 Å². The molecule has 1 heterocycles. The summed E-state index contributed by atoms with van der Waals surface area (Å²) >= 11 is 3.19. The van der Waals surface area contributed by atoms with E-state index in [1.54, 1.807) is 18.3 Å². The third kappa shape index (κ3) is 3.88. The van der Waals surface area contributed by atoms with Gasteiger partial charge >= 0.3 is 0 Å². The number of hydrogen-bond acceptors (Lipinski definition) is 2. The van der Waals surface area contributed by atoms with Crippen LogP contribution in [0.15, 0.2) is 28.9 Å². The van der Waals surface area contributed by atoms with Gasteiger partial charge in [0.05, 0.1) is 22.9 Å². The SMILES string of the molecule is CC(C)(C)NCc1ncc(-c2ccc(F)c(Br)c2)[nH]1. The van der Waals surface area contributed by atoms with Gasteiger partial charge in [-0.05, 0) is 54.9 Å². The van der Waals surface area contributed by atoms with E-state index < -0.39 is 0 Å². The number of H-pyrrole nitrogens is 1. The van der Waals surface area contributed by atoms with Crippen LogP contribution in [0.3, 0.4) is 0 Å². The molecule has 0 atom stereocenters. The molecule has 0 amide bonds. The van der Waals surface area contributed by atoms with Crippen LogP contribution in [0.5, 0.6) is 0 Å². The second-order valence-electron chi connectivity index (χ2n) is 5.48. The lowest BCUT2D eigenvalue weighted by molar-refractivity contribution is 0.418. The Morgan fingerprint density at radius 2 is 2.11 bits per heavy atom. The first-order valence-corrected chi connectivity index (χ1v) is 6.89. The molecule has 0 saturated heterocycles. The fourth-order valence-corrected chi connectivity index (χ4v) is 1.99. The largest absolute Gasteiger partial charge is 0.341 e. The van der Waals surface area contributed by atoms with Crippen molar-refractivity contribution in [3.05, 3.63) is 40.5 Å². The number of halogens is 2. The Hall–Kier alpha value is -1.20. The van der Waals surface area contributed by atoms with Gasteiger partial charge in [-0.15, -0.1) is 0 Å². The van der Waals surface area contributed by atoms with E-state index in [4.69, 9.17) is 0 Å². The maximum absolute atomic E-state index is 13.2. The van der Waals surface area contributed by atoms with E-state index in [0.29, 0.717) is 11.0 Å². The monoisotopic (exact) mass is 325 g/mol. The Kier molecular flexibility index (Phi) is 4.06. The molecule has 0 aliphatic rings. The summed E-state index contributed by atoms with van der Waals surface area (Å²) in [6.07, 6.45) is 1.76. The molecule has 2 N–H and O–H groups in total. The summed E-state index contributed by atoms with van der Waals surface area (Å²) in [6, 6.07) is 4.91. The molecule has 2 aromatic rings. The molecule has 5 heteroatoms. The molecule has 3 nitrogen and oxygen atoms in total. The average Bonchev–Trinajstić information content (AvgIpc) is 2.78. The van der Waals surface area contributed by atoms with Crippen LogP contribution in [0, 0.1) is 5.82 Å². The summed E-state index contributed by atoms with van der Waals surface area (Å²) in [5.41, 5.74) is 1.83. The van der Waals surface area contributed by atoms with E-state index in [1.165, 1.54) is 6.07 Å². The Labute approximate surface area is 120 Å². The Balaban J connectivity index is 2.14. The van der Waals surface area contributed by atoms with Gasteiger partial charge in [-0.1, -0.05) is 0 Å². The smallest absolute Gasteiger partial charge is 0.137 e. The number of imidazole rings is 1. The van der Waals surface area contributed by atoms with Crippen LogP contribution in [-0.4, -0.2) is 15.5 Å². The van der Waals surface area contributed by atoms with Crippen molar-refractivity contribution in [3.8, 4) is 11.3 Å². The fraction of sp³-hybridized carbons (Fsp3) is 0.357. The number of aromatic nitrogens is 2. The van der Waals surface area contributed by atoms with Gasteiger partial charge in [0.15, 0.2) is 0 Å². The van der Waals surface area contributed by atoms with Gasteiger partial charge in [0.25, 0.3) is 0 Å². The third-order valence-electron chi connectivity index (χ3n) is 2.65. The van der Waals surface area contributed by atoms with E-state index in [-0.39, 0.29) is 11.4 Å². The third-order valence-corrected chi connectivity index (χ3v) is 3.25. The van der Waals surface area contributed by atoms with Crippen LogP contribution in [-0.2, 0) is 6.54 Å². The second-order valence-corrected chi connectivity index (χ2v) is 6.33. The lowest BCUT2D eigenvalue weighted by Gasteiger charge is -2.19. The summed E-state index contributed by atoms with van der Waals surface area (Å²) in [6.45, 7) is 6.99. The first kappa shape index (κ1) is 14.2. The Morgan fingerprint density at radius 1 is 1.37 bits per heavy atom. The maximum Gasteiger partial charge on any atom is 0.137 e. The van der Waals surface area contributed by atoms with E-state index in [2.05, 4.69) is 52.0 Å². The van der Waals surface area contributed by atoms with Crippen molar-refractivity contribution in [2.24, 2.45) is 0 Å². The minimum atomic E-state index is -0.266. The van der Waals surface area contributed by atoms with Crippen molar-refractivity contribution in [2.75, 3.05) is 0 Å². The van der Waals surface area contributed by atoms with Crippen molar-refractivity contribution in [2.45, 2.75) is 32.9 Å². The van der Waals surface area contributed by atoms with Gasteiger partial charge in [-0.2, -0.15) is 0 Å². The lowest BCUT2D eigenvalue weighted by atomic mass is 10.1. The number of rotatable bonds is 3. The highest BCUT2D eigenvalue weighted by Crippen LogP contribution is 2.23. The topological polar surface area (TPSA) is 40.7 Å². The van der Waals surface area contributed by atoms with Gasteiger partial charge in [0.1, 0.15) is 11.6 Å². The fourth-order valence-electron chi connectivity index (χ4n) is 1.61. The second kappa shape index (κ2) is 5.43. The summed E-state index contributed by atoms with van der Waals surface area (Å²) in [7, 11) is 0. The highest BCUT2D eigenvalue weighted by Gasteiger charge is 2.11. The van der Waals surface area contributed by atoms with Crippen LogP contribution < -0.4 is 5.32 Å². The zero-order chi connectivity index (χ0) is 14.0. The zero-order valence-electron chi connectivity index (χ0n) is 11.2. The number of nitrogens with zero attached hydrogens (tertiary/aromatic N) is 1. The number of hydrogen-bond donors (Lipinski definition) is 2. The molecule has 2 rings (SSSR count). The summed E-state index contributed by atoms with van der Waals surface area (Å²) in [5.74, 6) is 0.600. The molecule has 0 bridgehead atoms. The molecular formula is C14H17BrFN3. The molecular weight excluding hydrogens is 309 g/mol. The maximum atomic E-state index is 13.2. The quantitative estimate of drug-likeness (QED) is 0.899. The molecule has 0 radical (unpaired) electrons. The lowest BCUT2D eigenvalue weighted by Crippen LogP contribution is -2.35. The summed E-state index contributed by atoms with van der Waals surface area (Å²) in [5, 5.41) is 3.36. The van der Waals surface area contributed by atoms with Crippen LogP contribution in [0.1, 0.15) is 26.6 Å². The van der Waals surface area contributed by atoms with Crippen molar-refractivity contribution in [1.29, 1.82) is 0 Å². The minimum absolute atomic E-state index is 0.0475. The molecule has 1 aromatic heterocycles. The van der Waals surface area contributed by atoms with Gasteiger partial charge in [-0.3, -0.25) is 0 Å². The summed E-state index contributed by atoms with van der Waals surface area (Å²) < 4.78 is 13.6. The van der Waals surface area contributed by atoms with Crippen LogP contribution >= 0.6 is 15.9 Å². The van der Waals surface area contributed by atoms with Crippen molar-refractivity contribution in [1.82, 2.24) is 15.3 Å². The normalized spacial score (nSPS) is 11.8. The molecule has 0 spiro atoms. The first-order valence-electron chi connectivity index (χ1n) is 6.09. The molecule has 0 unspecified atom stereocenters. The van der Waals surface area contributed by atoms with Crippen molar-refractivity contribution < 1.29 is 4.39 Å². The van der Waals surface area contributed by atoms with Gasteiger partial charge in [0, 0.05) is 11.1 Å². The predicted molar refractivity (Wildman–Crippen MR) is 78.3 cm³/mol. The van der Waals surface area contributed by atoms with Crippen LogP contribution in [0.2, 0.25) is 0 Å². The molecule has 0 aliphatic heterocycles. The van der Waals surface area contributed by atoms with Crippen LogP contribution in [0.4, 0.5) is 4.39 Å². The van der Waals surface area contributed by atoms with Crippen molar-refractivity contribution in [3.63, 3.8) is 0 Å². The molecule has 0 fully saturated rings. The van der Waals surface area contributed by atoms with Crippen LogP contribution in [0.25, 0.3) is 11.3 Å². The number of aromatic amines is 1. The Morgan fingerprint density at radius 3 is 2.74 bits per heavy atom. The van der Waals surface area contributed by atoms with E-state index in [1.807, 2.05) is 0 Å². The molecule has 19 heavy (non-hydrogen) atoms. The average molecular weight is 326 g/mol. The molecule has 0 aliphatic carbocycles. The van der Waals surface area contributed by atoms with Gasteiger partial charge in [0.2, 0.25) is 0 Å². The van der Waals surface area contributed by atoms with E-state index in [0.717, 1.165) is 17.1 Å². The summed E-state index contributed by atoms with van der Waals surface area (Å²) in [4.78, 5) is 7.55. The minimum Gasteiger partial charge on any atom is -0.341 e. The standard InChI is InChI=1S/C14H17BrFN3/c1-14(2,3)18-8-13-17-7-12(19-13)9-4-5-11(16)10(15)6-9/h4-7,18H,8H2,1-3H3,(H,17,19). The van der Waals surface area contributed by atoms with Crippen molar-refractivity contribution >= 4 is 15.9 Å². The Bertz CT molecular complexity index is 572. The van der Waals surface area contributed by atoms with Gasteiger partial charge in [-0.25, -0.2) is 9.37 Å². The number of benzene rings is 1. The van der Waals surface area contributed by atoms with E-state index >= 15 is 0 Å². The molecule has 0 saturated carbocycles. The first-order chi connectivity index (χ1) is 8.85. The van der Waals surface area contributed by atoms with Gasteiger partial charge < -0.3 is 10.3 Å². The molecule has 1 aromatic carbocycles. The predicted octanol–water partition coefficient (Wildman–Crippen LogP) is 3.87. The highest BCUT2D eigenvalue weighted by molar-refractivity contribution is 9.10. The zero-order valence-corrected chi connectivity index (χ0v) is 12.8. The molecule has 102 valence electrons.